The molecule has 1 atom stereocenters. The number of carbonyl (C=O) groups is 4. The van der Waals surface area contributed by atoms with E-state index in [-0.39, 0.29) is 18.0 Å². The first-order chi connectivity index (χ1) is 11.9. The van der Waals surface area contributed by atoms with Gasteiger partial charge in [-0.1, -0.05) is 30.0 Å². The fourth-order valence-corrected chi connectivity index (χ4v) is 3.08. The third-order valence-electron chi connectivity index (χ3n) is 3.63. The number of nitrogens with zero attached hydrogens (tertiary/aromatic N) is 1. The second-order valence-corrected chi connectivity index (χ2v) is 6.71. The van der Waals surface area contributed by atoms with E-state index in [2.05, 4.69) is 5.32 Å². The molecule has 1 heterocycles. The highest BCUT2D eigenvalue weighted by molar-refractivity contribution is 8.13. The van der Waals surface area contributed by atoms with Crippen LogP contribution in [0.1, 0.15) is 18.9 Å². The first-order valence-electron chi connectivity index (χ1n) is 7.61. The van der Waals surface area contributed by atoms with E-state index in [0.29, 0.717) is 23.2 Å². The molecule has 1 unspecified atom stereocenters. The lowest BCUT2D eigenvalue weighted by molar-refractivity contribution is -0.141. The van der Waals surface area contributed by atoms with E-state index in [1.807, 2.05) is 0 Å². The van der Waals surface area contributed by atoms with Gasteiger partial charge in [-0.3, -0.25) is 19.0 Å². The summed E-state index contributed by atoms with van der Waals surface area (Å²) in [7, 11) is 0. The molecule has 0 aliphatic heterocycles. The van der Waals surface area contributed by atoms with Crippen molar-refractivity contribution < 1.29 is 24.3 Å². The molecule has 0 spiro atoms. The Kier molecular flexibility index (Phi) is 6.35. The zero-order valence-corrected chi connectivity index (χ0v) is 14.4. The first kappa shape index (κ1) is 18.7. The van der Waals surface area contributed by atoms with Gasteiger partial charge in [0.2, 0.25) is 12.3 Å². The van der Waals surface area contributed by atoms with Crippen LogP contribution in [-0.2, 0) is 25.6 Å². The number of fused-ring (bicyclic) bond motifs is 1. The summed E-state index contributed by atoms with van der Waals surface area (Å²) in [6, 6.07) is 6.04. The Bertz CT molecular complexity index is 814. The number of carboxylic acids is 1. The summed E-state index contributed by atoms with van der Waals surface area (Å²) in [5.41, 5.74) is 1.34. The predicted molar refractivity (Wildman–Crippen MR) is 95.1 cm³/mol. The molecule has 0 bridgehead atoms. The summed E-state index contributed by atoms with van der Waals surface area (Å²) < 4.78 is 1.38. The van der Waals surface area contributed by atoms with Crippen LogP contribution in [0.15, 0.2) is 30.5 Å². The maximum atomic E-state index is 11.9. The Hall–Kier alpha value is -2.61. The number of nitrogens with one attached hydrogen (secondary N) is 1. The number of rotatable bonds is 8. The third kappa shape index (κ3) is 4.93. The van der Waals surface area contributed by atoms with Crippen molar-refractivity contribution in [2.24, 2.45) is 0 Å². The lowest BCUT2D eigenvalue weighted by Gasteiger charge is -2.14. The molecule has 0 aliphatic rings. The molecule has 1 amide bonds. The maximum Gasteiger partial charge on any atom is 0.326 e. The molecule has 25 heavy (non-hydrogen) atoms. The number of carbonyl (C=O) groups excluding carboxylic acids is 3. The number of carboxylic acid groups (broad SMARTS) is 1. The summed E-state index contributed by atoms with van der Waals surface area (Å²) in [5, 5.41) is 12.5. The smallest absolute Gasteiger partial charge is 0.326 e. The van der Waals surface area contributed by atoms with Crippen LogP contribution in [0.4, 0.5) is 0 Å². The number of amides is 1. The zero-order valence-electron chi connectivity index (χ0n) is 13.6. The quantitative estimate of drug-likeness (QED) is 0.689. The summed E-state index contributed by atoms with van der Waals surface area (Å²) in [4.78, 5) is 45.4. The van der Waals surface area contributed by atoms with Crippen molar-refractivity contribution in [1.82, 2.24) is 9.88 Å². The molecule has 0 saturated carbocycles. The normalized spacial score (nSPS) is 11.9. The van der Waals surface area contributed by atoms with E-state index >= 15 is 0 Å². The number of benzene rings is 1. The Labute approximate surface area is 148 Å². The Morgan fingerprint density at radius 3 is 2.68 bits per heavy atom. The molecule has 1 aromatic carbocycles. The molecule has 0 radical (unpaired) electrons. The Morgan fingerprint density at radius 1 is 1.32 bits per heavy atom. The van der Waals surface area contributed by atoms with Gasteiger partial charge in [0.1, 0.15) is 6.04 Å². The van der Waals surface area contributed by atoms with Crippen LogP contribution in [0.2, 0.25) is 0 Å². The number of aromatic nitrogens is 1. The number of para-hydroxylation sites is 1. The van der Waals surface area contributed by atoms with Gasteiger partial charge in [-0.2, -0.15) is 0 Å². The number of hydrogen-bond donors (Lipinski definition) is 2. The van der Waals surface area contributed by atoms with E-state index in [0.717, 1.165) is 17.1 Å². The molecule has 2 rings (SSSR count). The summed E-state index contributed by atoms with van der Waals surface area (Å²) >= 11 is 1.02. The van der Waals surface area contributed by atoms with Crippen LogP contribution >= 0.6 is 11.8 Å². The van der Waals surface area contributed by atoms with Crippen molar-refractivity contribution in [3.63, 3.8) is 0 Å². The highest BCUT2D eigenvalue weighted by Gasteiger charge is 2.22. The van der Waals surface area contributed by atoms with Gasteiger partial charge in [0.05, 0.1) is 5.52 Å². The van der Waals surface area contributed by atoms with Gasteiger partial charge >= 0.3 is 5.97 Å². The molecule has 0 fully saturated rings. The summed E-state index contributed by atoms with van der Waals surface area (Å²) in [6.45, 7) is 1.41. The van der Waals surface area contributed by atoms with E-state index < -0.39 is 17.9 Å². The molecule has 2 N–H and O–H groups in total. The van der Waals surface area contributed by atoms with Crippen molar-refractivity contribution >= 4 is 46.1 Å². The molecule has 7 nitrogen and oxygen atoms in total. The van der Waals surface area contributed by atoms with E-state index in [4.69, 9.17) is 0 Å². The van der Waals surface area contributed by atoms with Gasteiger partial charge in [0.25, 0.3) is 0 Å². The predicted octanol–water partition coefficient (Wildman–Crippen LogP) is 1.46. The number of aliphatic carboxylic acids is 1. The lowest BCUT2D eigenvalue weighted by Crippen LogP contribution is -2.42. The monoisotopic (exact) mass is 362 g/mol. The van der Waals surface area contributed by atoms with Crippen LogP contribution in [0, 0.1) is 0 Å². The molecular formula is C17H18N2O5S. The summed E-state index contributed by atoms with van der Waals surface area (Å²) in [6.07, 6.45) is 2.34. The van der Waals surface area contributed by atoms with Crippen LogP contribution in [0.25, 0.3) is 10.9 Å². The van der Waals surface area contributed by atoms with E-state index in [1.54, 1.807) is 30.5 Å². The first-order valence-corrected chi connectivity index (χ1v) is 8.60. The van der Waals surface area contributed by atoms with E-state index in [9.17, 15) is 24.3 Å². The average molecular weight is 362 g/mol. The molecule has 2 aromatic rings. The standard InChI is InChI=1S/C17H18N2O5S/c1-11(21)25-7-6-16(22)18-14(17(23)24)8-12-9-19(10-20)15-5-3-2-4-13(12)15/h2-5,9-10,14H,6-8H2,1H3,(H,18,22)(H,23,24). The van der Waals surface area contributed by atoms with Gasteiger partial charge < -0.3 is 10.4 Å². The number of hydrogen-bond acceptors (Lipinski definition) is 5. The molecule has 8 heteroatoms. The minimum atomic E-state index is -1.16. The number of thioether (sulfide) groups is 1. The molecular weight excluding hydrogens is 344 g/mol. The van der Waals surface area contributed by atoms with Gasteiger partial charge in [0, 0.05) is 37.1 Å². The highest BCUT2D eigenvalue weighted by Crippen LogP contribution is 2.21. The maximum absolute atomic E-state index is 11.9. The van der Waals surface area contributed by atoms with Crippen molar-refractivity contribution in [3.8, 4) is 0 Å². The van der Waals surface area contributed by atoms with Gasteiger partial charge in [-0.15, -0.1) is 0 Å². The average Bonchev–Trinajstić information content (AvgIpc) is 2.92. The molecule has 1 aromatic heterocycles. The fourth-order valence-electron chi connectivity index (χ4n) is 2.50. The minimum absolute atomic E-state index is 0.0578. The van der Waals surface area contributed by atoms with Gasteiger partial charge in [-0.25, -0.2) is 4.79 Å². The van der Waals surface area contributed by atoms with Crippen molar-refractivity contribution in [3.05, 3.63) is 36.0 Å². The second kappa shape index (κ2) is 8.48. The van der Waals surface area contributed by atoms with E-state index in [1.165, 1.54) is 11.5 Å². The van der Waals surface area contributed by atoms with Crippen LogP contribution < -0.4 is 5.32 Å². The largest absolute Gasteiger partial charge is 0.480 e. The fraction of sp³-hybridized carbons (Fsp3) is 0.294. The Balaban J connectivity index is 2.12. The topological polar surface area (TPSA) is 105 Å². The third-order valence-corrected chi connectivity index (χ3v) is 4.44. The van der Waals surface area contributed by atoms with Gasteiger partial charge in [0.15, 0.2) is 5.12 Å². The van der Waals surface area contributed by atoms with Crippen LogP contribution in [0.5, 0.6) is 0 Å². The highest BCUT2D eigenvalue weighted by atomic mass is 32.2. The van der Waals surface area contributed by atoms with Crippen molar-refractivity contribution in [2.45, 2.75) is 25.8 Å². The summed E-state index contributed by atoms with van der Waals surface area (Å²) in [5.74, 6) is -1.28. The van der Waals surface area contributed by atoms with Crippen molar-refractivity contribution in [1.29, 1.82) is 0 Å². The Morgan fingerprint density at radius 2 is 2.04 bits per heavy atom. The zero-order chi connectivity index (χ0) is 18.4. The lowest BCUT2D eigenvalue weighted by atomic mass is 10.0. The molecule has 0 aliphatic carbocycles. The molecule has 0 saturated heterocycles. The molecule has 132 valence electrons. The van der Waals surface area contributed by atoms with Gasteiger partial charge in [-0.05, 0) is 11.6 Å². The van der Waals surface area contributed by atoms with Crippen LogP contribution in [0.3, 0.4) is 0 Å². The minimum Gasteiger partial charge on any atom is -0.480 e. The van der Waals surface area contributed by atoms with Crippen molar-refractivity contribution in [2.75, 3.05) is 5.75 Å². The van der Waals surface area contributed by atoms with Crippen LogP contribution in [-0.4, -0.2) is 44.9 Å². The SMILES string of the molecule is CC(=O)SCCC(=O)NC(Cc1cn(C=O)c2ccccc12)C(=O)O. The second-order valence-electron chi connectivity index (χ2n) is 5.44.